The number of hydrogen-bond donors (Lipinski definition) is 1. The first-order chi connectivity index (χ1) is 8.06. The Morgan fingerprint density at radius 2 is 2.00 bits per heavy atom. The third-order valence-corrected chi connectivity index (χ3v) is 2.60. The van der Waals surface area contributed by atoms with E-state index in [1.54, 1.807) is 24.3 Å². The highest BCUT2D eigenvalue weighted by Crippen LogP contribution is 2.13. The van der Waals surface area contributed by atoms with Crippen LogP contribution in [0.4, 0.5) is 4.39 Å². The molecular formula is C12H9ClFNO2. The number of carboxylic acid groups (broad SMARTS) is 1. The van der Waals surface area contributed by atoms with Gasteiger partial charge in [0.2, 0.25) is 0 Å². The first-order valence-electron chi connectivity index (χ1n) is 4.89. The maximum atomic E-state index is 13.0. The summed E-state index contributed by atoms with van der Waals surface area (Å²) in [5, 5.41) is 9.50. The number of rotatable bonds is 3. The van der Waals surface area contributed by atoms with Crippen LogP contribution in [0.5, 0.6) is 0 Å². The van der Waals surface area contributed by atoms with E-state index in [0.29, 0.717) is 11.6 Å². The Balaban J connectivity index is 2.29. The van der Waals surface area contributed by atoms with Gasteiger partial charge in [0.05, 0.1) is 0 Å². The normalized spacial score (nSPS) is 10.5. The molecule has 0 aliphatic rings. The molecule has 0 spiro atoms. The summed E-state index contributed by atoms with van der Waals surface area (Å²) < 4.78 is 14.4. The van der Waals surface area contributed by atoms with E-state index in [1.807, 2.05) is 0 Å². The molecule has 3 nitrogen and oxygen atoms in total. The summed E-state index contributed by atoms with van der Waals surface area (Å²) in [7, 11) is 0. The van der Waals surface area contributed by atoms with Gasteiger partial charge in [0.25, 0.3) is 0 Å². The third-order valence-electron chi connectivity index (χ3n) is 2.35. The predicted molar refractivity (Wildman–Crippen MR) is 61.9 cm³/mol. The van der Waals surface area contributed by atoms with E-state index in [2.05, 4.69) is 0 Å². The molecule has 0 radical (unpaired) electrons. The Morgan fingerprint density at radius 1 is 1.35 bits per heavy atom. The Hall–Kier alpha value is -1.81. The molecule has 0 bridgehead atoms. The third kappa shape index (κ3) is 2.65. The molecule has 0 aliphatic carbocycles. The molecule has 0 amide bonds. The Morgan fingerprint density at radius 3 is 2.59 bits per heavy atom. The van der Waals surface area contributed by atoms with Crippen LogP contribution < -0.4 is 0 Å². The quantitative estimate of drug-likeness (QED) is 0.914. The van der Waals surface area contributed by atoms with Gasteiger partial charge in [-0.3, -0.25) is 0 Å². The zero-order valence-corrected chi connectivity index (χ0v) is 9.49. The summed E-state index contributed by atoms with van der Waals surface area (Å²) in [4.78, 5) is 10.9. The van der Waals surface area contributed by atoms with Gasteiger partial charge in [-0.05, 0) is 17.7 Å². The molecule has 0 unspecified atom stereocenters. The molecule has 0 saturated carbocycles. The van der Waals surface area contributed by atoms with E-state index >= 15 is 0 Å². The van der Waals surface area contributed by atoms with Crippen LogP contribution >= 0.6 is 11.6 Å². The number of aromatic nitrogens is 1. The fourth-order valence-corrected chi connectivity index (χ4v) is 1.70. The van der Waals surface area contributed by atoms with Crippen molar-refractivity contribution >= 4 is 17.6 Å². The number of hydrogen-bond acceptors (Lipinski definition) is 1. The van der Waals surface area contributed by atoms with Crippen molar-refractivity contribution in [3.63, 3.8) is 0 Å². The van der Waals surface area contributed by atoms with Crippen LogP contribution in [0.2, 0.25) is 5.02 Å². The molecule has 1 aromatic heterocycles. The summed E-state index contributed by atoms with van der Waals surface area (Å²) >= 11 is 5.74. The molecule has 2 aromatic rings. The standard InChI is InChI=1S/C12H9ClFNO2/c13-9-3-1-8(2-4-9)6-15-7-10(14)5-11(15)12(16)17/h1-5,7H,6H2,(H,16,17). The van der Waals surface area contributed by atoms with Gasteiger partial charge >= 0.3 is 5.97 Å². The summed E-state index contributed by atoms with van der Waals surface area (Å²) in [6.07, 6.45) is 1.16. The molecule has 2 rings (SSSR count). The molecular weight excluding hydrogens is 245 g/mol. The molecule has 1 aromatic carbocycles. The SMILES string of the molecule is O=C(O)c1cc(F)cn1Cc1ccc(Cl)cc1. The van der Waals surface area contributed by atoms with Crippen molar-refractivity contribution in [3.8, 4) is 0 Å². The molecule has 0 atom stereocenters. The highest BCUT2D eigenvalue weighted by Gasteiger charge is 2.12. The fourth-order valence-electron chi connectivity index (χ4n) is 1.57. The van der Waals surface area contributed by atoms with Crippen LogP contribution in [0.25, 0.3) is 0 Å². The van der Waals surface area contributed by atoms with Crippen molar-refractivity contribution in [3.05, 3.63) is 58.6 Å². The highest BCUT2D eigenvalue weighted by molar-refractivity contribution is 6.30. The van der Waals surface area contributed by atoms with Gasteiger partial charge in [0, 0.05) is 23.8 Å². The second-order valence-electron chi connectivity index (χ2n) is 3.60. The van der Waals surface area contributed by atoms with E-state index in [4.69, 9.17) is 16.7 Å². The lowest BCUT2D eigenvalue weighted by atomic mass is 10.2. The van der Waals surface area contributed by atoms with Crippen molar-refractivity contribution < 1.29 is 14.3 Å². The van der Waals surface area contributed by atoms with Gasteiger partial charge in [-0.1, -0.05) is 23.7 Å². The zero-order chi connectivity index (χ0) is 12.4. The second-order valence-corrected chi connectivity index (χ2v) is 4.04. The van der Waals surface area contributed by atoms with E-state index in [0.717, 1.165) is 17.8 Å². The summed E-state index contributed by atoms with van der Waals surface area (Å²) in [6.45, 7) is 0.294. The lowest BCUT2D eigenvalue weighted by Gasteiger charge is -2.06. The predicted octanol–water partition coefficient (Wildman–Crippen LogP) is 3.03. The number of halogens is 2. The van der Waals surface area contributed by atoms with Crippen LogP contribution in [0.1, 0.15) is 16.1 Å². The van der Waals surface area contributed by atoms with Crippen molar-refractivity contribution in [2.75, 3.05) is 0 Å². The minimum atomic E-state index is -1.15. The van der Waals surface area contributed by atoms with Gasteiger partial charge in [0.15, 0.2) is 0 Å². The first kappa shape index (κ1) is 11.7. The van der Waals surface area contributed by atoms with Crippen LogP contribution in [0.3, 0.4) is 0 Å². The van der Waals surface area contributed by atoms with Gasteiger partial charge < -0.3 is 9.67 Å². The minimum absolute atomic E-state index is 0.0718. The highest BCUT2D eigenvalue weighted by atomic mass is 35.5. The van der Waals surface area contributed by atoms with E-state index in [-0.39, 0.29) is 5.69 Å². The largest absolute Gasteiger partial charge is 0.477 e. The summed E-state index contributed by atoms with van der Waals surface area (Å²) in [6, 6.07) is 7.95. The van der Waals surface area contributed by atoms with Crippen LogP contribution in [0, 0.1) is 5.82 Å². The number of carbonyl (C=O) groups is 1. The molecule has 0 fully saturated rings. The lowest BCUT2D eigenvalue weighted by Crippen LogP contribution is -2.08. The van der Waals surface area contributed by atoms with Gasteiger partial charge in [-0.15, -0.1) is 0 Å². The summed E-state index contributed by atoms with van der Waals surface area (Å²) in [5.41, 5.74) is 0.782. The molecule has 1 N–H and O–H groups in total. The maximum Gasteiger partial charge on any atom is 0.352 e. The van der Waals surface area contributed by atoms with Crippen LogP contribution in [-0.4, -0.2) is 15.6 Å². The van der Waals surface area contributed by atoms with Crippen molar-refractivity contribution in [2.45, 2.75) is 6.54 Å². The lowest BCUT2D eigenvalue weighted by molar-refractivity contribution is 0.0685. The van der Waals surface area contributed by atoms with Gasteiger partial charge in [-0.2, -0.15) is 0 Å². The smallest absolute Gasteiger partial charge is 0.352 e. The number of carboxylic acids is 1. The van der Waals surface area contributed by atoms with Crippen molar-refractivity contribution in [1.82, 2.24) is 4.57 Å². The number of aromatic carboxylic acids is 1. The topological polar surface area (TPSA) is 42.2 Å². The zero-order valence-electron chi connectivity index (χ0n) is 8.73. The van der Waals surface area contributed by atoms with Crippen LogP contribution in [0.15, 0.2) is 36.5 Å². The monoisotopic (exact) mass is 253 g/mol. The molecule has 1 heterocycles. The molecule has 0 aliphatic heterocycles. The Labute approximate surface area is 102 Å². The minimum Gasteiger partial charge on any atom is -0.477 e. The van der Waals surface area contributed by atoms with Crippen LogP contribution in [-0.2, 0) is 6.54 Å². The Kier molecular flexibility index (Phi) is 3.15. The van der Waals surface area contributed by atoms with Crippen molar-refractivity contribution in [1.29, 1.82) is 0 Å². The molecule has 0 saturated heterocycles. The fraction of sp³-hybridized carbons (Fsp3) is 0.0833. The van der Waals surface area contributed by atoms with Crippen molar-refractivity contribution in [2.24, 2.45) is 0 Å². The van der Waals surface area contributed by atoms with Gasteiger partial charge in [-0.25, -0.2) is 9.18 Å². The first-order valence-corrected chi connectivity index (χ1v) is 5.27. The Bertz CT molecular complexity index is 548. The maximum absolute atomic E-state index is 13.0. The second kappa shape index (κ2) is 4.59. The van der Waals surface area contributed by atoms with E-state index in [9.17, 15) is 9.18 Å². The van der Waals surface area contributed by atoms with Gasteiger partial charge in [0.1, 0.15) is 11.5 Å². The average Bonchev–Trinajstić information content (AvgIpc) is 2.63. The summed E-state index contributed by atoms with van der Waals surface area (Å²) in [5.74, 6) is -1.71. The molecule has 17 heavy (non-hydrogen) atoms. The molecule has 88 valence electrons. The van der Waals surface area contributed by atoms with E-state index < -0.39 is 11.8 Å². The van der Waals surface area contributed by atoms with E-state index in [1.165, 1.54) is 4.57 Å². The average molecular weight is 254 g/mol. The number of benzene rings is 1. The molecule has 5 heteroatoms. The number of nitrogens with zero attached hydrogens (tertiary/aromatic N) is 1.